The normalized spacial score (nSPS) is 10.6. The number of methoxy groups -OCH3 is 1. The minimum atomic E-state index is 0.652. The lowest BCUT2D eigenvalue weighted by Gasteiger charge is -2.07. The van der Waals surface area contributed by atoms with Gasteiger partial charge in [0.15, 0.2) is 0 Å². The summed E-state index contributed by atoms with van der Waals surface area (Å²) in [5.74, 6) is 0.894. The van der Waals surface area contributed by atoms with Gasteiger partial charge in [0.25, 0.3) is 0 Å². The first-order valence-corrected chi connectivity index (χ1v) is 6.48. The molecule has 1 aromatic heterocycles. The highest BCUT2D eigenvalue weighted by atomic mass is 16.5. The molecule has 0 saturated heterocycles. The van der Waals surface area contributed by atoms with E-state index in [2.05, 4.69) is 22.2 Å². The van der Waals surface area contributed by atoms with Crippen molar-refractivity contribution in [2.45, 2.75) is 26.2 Å². The molecule has 1 aromatic rings. The van der Waals surface area contributed by atoms with E-state index in [9.17, 15) is 0 Å². The Morgan fingerprint density at radius 3 is 2.89 bits per heavy atom. The Kier molecular flexibility index (Phi) is 8.08. The standard InChI is InChI=1S/C13H23N3O2/c1-3-5-12-10-13(16-11-15-12)14-6-4-7-18-9-8-17-2/h10-11H,3-9H2,1-2H3,(H,14,15,16). The second-order valence-corrected chi connectivity index (χ2v) is 4.03. The van der Waals surface area contributed by atoms with Crippen molar-refractivity contribution in [3.63, 3.8) is 0 Å². The monoisotopic (exact) mass is 253 g/mol. The predicted octanol–water partition coefficient (Wildman–Crippen LogP) is 1.89. The fourth-order valence-corrected chi connectivity index (χ4v) is 1.52. The third-order valence-electron chi connectivity index (χ3n) is 2.43. The van der Waals surface area contributed by atoms with Crippen molar-refractivity contribution in [1.82, 2.24) is 9.97 Å². The van der Waals surface area contributed by atoms with Crippen molar-refractivity contribution in [2.75, 3.05) is 38.8 Å². The molecule has 0 unspecified atom stereocenters. The summed E-state index contributed by atoms with van der Waals surface area (Å²) in [6, 6.07) is 2.01. The van der Waals surface area contributed by atoms with Gasteiger partial charge in [-0.2, -0.15) is 0 Å². The number of hydrogen-bond donors (Lipinski definition) is 1. The van der Waals surface area contributed by atoms with E-state index in [1.165, 1.54) is 0 Å². The zero-order chi connectivity index (χ0) is 13.1. The van der Waals surface area contributed by atoms with Crippen LogP contribution in [0.15, 0.2) is 12.4 Å². The van der Waals surface area contributed by atoms with Crippen LogP contribution in [0.25, 0.3) is 0 Å². The molecule has 0 aliphatic heterocycles. The number of aryl methyl sites for hydroxylation is 1. The molecule has 1 rings (SSSR count). The first-order valence-electron chi connectivity index (χ1n) is 6.48. The van der Waals surface area contributed by atoms with Gasteiger partial charge in [-0.05, 0) is 12.8 Å². The summed E-state index contributed by atoms with van der Waals surface area (Å²) in [5, 5.41) is 3.27. The van der Waals surface area contributed by atoms with E-state index >= 15 is 0 Å². The van der Waals surface area contributed by atoms with Crippen molar-refractivity contribution in [2.24, 2.45) is 0 Å². The average molecular weight is 253 g/mol. The summed E-state index contributed by atoms with van der Waals surface area (Å²) < 4.78 is 10.3. The van der Waals surface area contributed by atoms with Crippen LogP contribution in [0.3, 0.4) is 0 Å². The summed E-state index contributed by atoms with van der Waals surface area (Å²) >= 11 is 0. The number of anilines is 1. The highest BCUT2D eigenvalue weighted by Crippen LogP contribution is 2.05. The van der Waals surface area contributed by atoms with Gasteiger partial charge < -0.3 is 14.8 Å². The topological polar surface area (TPSA) is 56.3 Å². The van der Waals surface area contributed by atoms with Crippen LogP contribution in [0.4, 0.5) is 5.82 Å². The van der Waals surface area contributed by atoms with Crippen LogP contribution in [0.5, 0.6) is 0 Å². The van der Waals surface area contributed by atoms with Gasteiger partial charge in [-0.25, -0.2) is 9.97 Å². The predicted molar refractivity (Wildman–Crippen MR) is 71.8 cm³/mol. The van der Waals surface area contributed by atoms with Crippen molar-refractivity contribution in [3.05, 3.63) is 18.1 Å². The second kappa shape index (κ2) is 9.79. The molecule has 0 saturated carbocycles. The molecule has 0 radical (unpaired) electrons. The molecule has 0 aliphatic rings. The van der Waals surface area contributed by atoms with E-state index in [0.29, 0.717) is 13.2 Å². The molecule has 102 valence electrons. The van der Waals surface area contributed by atoms with Crippen molar-refractivity contribution in [1.29, 1.82) is 0 Å². The molecule has 0 atom stereocenters. The van der Waals surface area contributed by atoms with Gasteiger partial charge in [-0.15, -0.1) is 0 Å². The summed E-state index contributed by atoms with van der Waals surface area (Å²) in [4.78, 5) is 8.40. The lowest BCUT2D eigenvalue weighted by molar-refractivity contribution is 0.0705. The number of ether oxygens (including phenoxy) is 2. The van der Waals surface area contributed by atoms with Gasteiger partial charge in [0.1, 0.15) is 12.1 Å². The zero-order valence-corrected chi connectivity index (χ0v) is 11.3. The highest BCUT2D eigenvalue weighted by molar-refractivity contribution is 5.34. The molecule has 0 bridgehead atoms. The third kappa shape index (κ3) is 6.51. The smallest absolute Gasteiger partial charge is 0.129 e. The van der Waals surface area contributed by atoms with Gasteiger partial charge in [0, 0.05) is 32.0 Å². The summed E-state index contributed by atoms with van der Waals surface area (Å²) in [6.45, 7) is 5.05. The van der Waals surface area contributed by atoms with Crippen LogP contribution in [-0.2, 0) is 15.9 Å². The molecule has 1 heterocycles. The second-order valence-electron chi connectivity index (χ2n) is 4.03. The van der Waals surface area contributed by atoms with Crippen molar-refractivity contribution in [3.8, 4) is 0 Å². The van der Waals surface area contributed by atoms with Gasteiger partial charge in [0.2, 0.25) is 0 Å². The maximum Gasteiger partial charge on any atom is 0.129 e. The van der Waals surface area contributed by atoms with Gasteiger partial charge in [-0.3, -0.25) is 0 Å². The first-order chi connectivity index (χ1) is 8.86. The quantitative estimate of drug-likeness (QED) is 0.645. The number of aromatic nitrogens is 2. The number of nitrogens with zero attached hydrogens (tertiary/aromatic N) is 2. The molecule has 0 spiro atoms. The Labute approximate surface area is 109 Å². The van der Waals surface area contributed by atoms with E-state index in [1.807, 2.05) is 6.07 Å². The number of nitrogens with one attached hydrogen (secondary N) is 1. The Bertz CT molecular complexity index is 321. The molecule has 0 amide bonds. The Morgan fingerprint density at radius 2 is 2.11 bits per heavy atom. The Morgan fingerprint density at radius 1 is 1.22 bits per heavy atom. The van der Waals surface area contributed by atoms with E-state index in [1.54, 1.807) is 13.4 Å². The van der Waals surface area contributed by atoms with Crippen LogP contribution < -0.4 is 5.32 Å². The Balaban J connectivity index is 2.13. The molecular weight excluding hydrogens is 230 g/mol. The van der Waals surface area contributed by atoms with Crippen LogP contribution in [-0.4, -0.2) is 43.4 Å². The van der Waals surface area contributed by atoms with E-state index in [0.717, 1.165) is 43.9 Å². The largest absolute Gasteiger partial charge is 0.382 e. The average Bonchev–Trinajstić information content (AvgIpc) is 2.39. The van der Waals surface area contributed by atoms with Gasteiger partial charge in [0.05, 0.1) is 13.2 Å². The first kappa shape index (κ1) is 14.9. The maximum atomic E-state index is 5.38. The molecular formula is C13H23N3O2. The molecule has 0 fully saturated rings. The molecule has 0 aromatic carbocycles. The summed E-state index contributed by atoms with van der Waals surface area (Å²) in [6.07, 6.45) is 4.67. The third-order valence-corrected chi connectivity index (χ3v) is 2.43. The summed E-state index contributed by atoms with van der Waals surface area (Å²) in [5.41, 5.74) is 1.09. The lowest BCUT2D eigenvalue weighted by Crippen LogP contribution is -2.09. The maximum absolute atomic E-state index is 5.38. The molecule has 5 nitrogen and oxygen atoms in total. The molecule has 0 aliphatic carbocycles. The highest BCUT2D eigenvalue weighted by Gasteiger charge is 1.97. The number of rotatable bonds is 10. The SMILES string of the molecule is CCCc1cc(NCCCOCCOC)ncn1. The molecule has 5 heteroatoms. The van der Waals surface area contributed by atoms with Crippen LogP contribution >= 0.6 is 0 Å². The zero-order valence-electron chi connectivity index (χ0n) is 11.3. The Hall–Kier alpha value is -1.20. The minimum Gasteiger partial charge on any atom is -0.382 e. The van der Waals surface area contributed by atoms with Gasteiger partial charge in [-0.1, -0.05) is 13.3 Å². The van der Waals surface area contributed by atoms with E-state index in [-0.39, 0.29) is 0 Å². The van der Waals surface area contributed by atoms with Crippen LogP contribution in [0.1, 0.15) is 25.5 Å². The van der Waals surface area contributed by atoms with Crippen LogP contribution in [0.2, 0.25) is 0 Å². The van der Waals surface area contributed by atoms with Crippen LogP contribution in [0, 0.1) is 0 Å². The fourth-order valence-electron chi connectivity index (χ4n) is 1.52. The number of hydrogen-bond acceptors (Lipinski definition) is 5. The fraction of sp³-hybridized carbons (Fsp3) is 0.692. The van der Waals surface area contributed by atoms with E-state index < -0.39 is 0 Å². The molecule has 18 heavy (non-hydrogen) atoms. The minimum absolute atomic E-state index is 0.652. The van der Waals surface area contributed by atoms with Crippen molar-refractivity contribution < 1.29 is 9.47 Å². The van der Waals surface area contributed by atoms with Crippen molar-refractivity contribution >= 4 is 5.82 Å². The van der Waals surface area contributed by atoms with E-state index in [4.69, 9.17) is 9.47 Å². The van der Waals surface area contributed by atoms with Gasteiger partial charge >= 0.3 is 0 Å². The molecule has 1 N–H and O–H groups in total. The lowest BCUT2D eigenvalue weighted by atomic mass is 10.2. The summed E-state index contributed by atoms with van der Waals surface area (Å²) in [7, 11) is 1.67.